The fourth-order valence-corrected chi connectivity index (χ4v) is 1.31. The zero-order chi connectivity index (χ0) is 12.1. The average molecular weight is 224 g/mol. The van der Waals surface area contributed by atoms with Crippen LogP contribution in [0.15, 0.2) is 24.3 Å². The molecule has 0 bridgehead atoms. The van der Waals surface area contributed by atoms with Crippen molar-refractivity contribution in [2.45, 2.75) is 52.4 Å². The molecule has 0 aliphatic carbocycles. The predicted molar refractivity (Wildman–Crippen MR) is 68.3 cm³/mol. The Kier molecular flexibility index (Phi) is 11.2. The van der Waals surface area contributed by atoms with Gasteiger partial charge in [0.05, 0.1) is 6.61 Å². The first-order valence-corrected chi connectivity index (χ1v) is 6.22. The minimum atomic E-state index is -0.208. The van der Waals surface area contributed by atoms with E-state index >= 15 is 0 Å². The number of carbonyl (C=O) groups excluding carboxylic acids is 1. The number of hydrogen-bond acceptors (Lipinski definition) is 2. The molecular formula is C14H24O2. The van der Waals surface area contributed by atoms with Gasteiger partial charge in [-0.1, -0.05) is 50.5 Å². The predicted octanol–water partition coefficient (Wildman–Crippen LogP) is 4.02. The normalized spacial score (nSPS) is 11.4. The summed E-state index contributed by atoms with van der Waals surface area (Å²) in [4.78, 5) is 10.4. The van der Waals surface area contributed by atoms with Gasteiger partial charge in [-0.3, -0.25) is 4.79 Å². The summed E-state index contributed by atoms with van der Waals surface area (Å²) in [5.41, 5.74) is 0. The molecule has 0 saturated heterocycles. The zero-order valence-electron chi connectivity index (χ0n) is 10.6. The van der Waals surface area contributed by atoms with Crippen molar-refractivity contribution in [3.63, 3.8) is 0 Å². The molecule has 16 heavy (non-hydrogen) atoms. The summed E-state index contributed by atoms with van der Waals surface area (Å²) in [6.07, 6.45) is 15.5. The molecule has 0 amide bonds. The Morgan fingerprint density at radius 3 is 2.38 bits per heavy atom. The molecule has 0 saturated carbocycles. The van der Waals surface area contributed by atoms with E-state index in [0.717, 1.165) is 12.8 Å². The summed E-state index contributed by atoms with van der Waals surface area (Å²) >= 11 is 0. The Hall–Kier alpha value is -1.05. The van der Waals surface area contributed by atoms with Crippen molar-refractivity contribution < 1.29 is 9.53 Å². The summed E-state index contributed by atoms with van der Waals surface area (Å²) in [6, 6.07) is 0. The van der Waals surface area contributed by atoms with Crippen LogP contribution in [-0.2, 0) is 9.53 Å². The Bertz CT molecular complexity index is 217. The second-order valence-electron chi connectivity index (χ2n) is 3.83. The van der Waals surface area contributed by atoms with E-state index in [1.807, 2.05) is 12.2 Å². The molecule has 0 N–H and O–H groups in total. The van der Waals surface area contributed by atoms with E-state index in [9.17, 15) is 4.79 Å². The molecule has 0 aromatic carbocycles. The molecular weight excluding hydrogens is 200 g/mol. The number of rotatable bonds is 9. The van der Waals surface area contributed by atoms with E-state index in [0.29, 0.717) is 6.61 Å². The van der Waals surface area contributed by atoms with Gasteiger partial charge >= 0.3 is 5.97 Å². The number of carbonyl (C=O) groups is 1. The maximum Gasteiger partial charge on any atom is 0.302 e. The first-order valence-electron chi connectivity index (χ1n) is 6.22. The number of unbranched alkanes of at least 4 members (excludes halogenated alkanes) is 4. The minimum Gasteiger partial charge on any atom is -0.466 e. The quantitative estimate of drug-likeness (QED) is 0.336. The van der Waals surface area contributed by atoms with Gasteiger partial charge < -0.3 is 4.74 Å². The van der Waals surface area contributed by atoms with E-state index in [-0.39, 0.29) is 5.97 Å². The van der Waals surface area contributed by atoms with Gasteiger partial charge in [0.25, 0.3) is 0 Å². The third-order valence-electron chi connectivity index (χ3n) is 2.20. The van der Waals surface area contributed by atoms with Crippen molar-refractivity contribution in [1.29, 1.82) is 0 Å². The van der Waals surface area contributed by atoms with Gasteiger partial charge in [0.1, 0.15) is 0 Å². The van der Waals surface area contributed by atoms with Gasteiger partial charge in [-0.2, -0.15) is 0 Å². The summed E-state index contributed by atoms with van der Waals surface area (Å²) in [6.45, 7) is 4.14. The summed E-state index contributed by atoms with van der Waals surface area (Å²) in [5.74, 6) is -0.208. The topological polar surface area (TPSA) is 26.3 Å². The van der Waals surface area contributed by atoms with Gasteiger partial charge in [0.15, 0.2) is 0 Å². The highest BCUT2D eigenvalue weighted by Crippen LogP contribution is 2.02. The largest absolute Gasteiger partial charge is 0.466 e. The maximum atomic E-state index is 10.4. The van der Waals surface area contributed by atoms with Gasteiger partial charge in [-0.05, 0) is 19.3 Å². The lowest BCUT2D eigenvalue weighted by Crippen LogP contribution is -1.98. The van der Waals surface area contributed by atoms with E-state index in [2.05, 4.69) is 19.1 Å². The summed E-state index contributed by atoms with van der Waals surface area (Å²) < 4.78 is 4.80. The fourth-order valence-electron chi connectivity index (χ4n) is 1.31. The molecule has 0 aromatic heterocycles. The molecule has 92 valence electrons. The molecule has 0 rings (SSSR count). The molecule has 2 nitrogen and oxygen atoms in total. The molecule has 0 unspecified atom stereocenters. The molecule has 0 spiro atoms. The van der Waals surface area contributed by atoms with Gasteiger partial charge in [-0.15, -0.1) is 0 Å². The minimum absolute atomic E-state index is 0.208. The van der Waals surface area contributed by atoms with Crippen LogP contribution in [0.4, 0.5) is 0 Å². The van der Waals surface area contributed by atoms with E-state index in [1.165, 1.54) is 32.6 Å². The van der Waals surface area contributed by atoms with Gasteiger partial charge in [0, 0.05) is 6.92 Å². The Labute approximate surface area is 99.4 Å². The smallest absolute Gasteiger partial charge is 0.302 e. The highest BCUT2D eigenvalue weighted by atomic mass is 16.5. The van der Waals surface area contributed by atoms with Crippen molar-refractivity contribution in [3.05, 3.63) is 24.3 Å². The second kappa shape index (κ2) is 12.0. The Morgan fingerprint density at radius 2 is 1.75 bits per heavy atom. The molecule has 0 aromatic rings. The van der Waals surface area contributed by atoms with Crippen LogP contribution in [0.5, 0.6) is 0 Å². The first kappa shape index (κ1) is 14.9. The maximum absolute atomic E-state index is 10.4. The lowest BCUT2D eigenvalue weighted by Gasteiger charge is -1.95. The van der Waals surface area contributed by atoms with Crippen LogP contribution >= 0.6 is 0 Å². The summed E-state index contributed by atoms with van der Waals surface area (Å²) in [5, 5.41) is 0. The van der Waals surface area contributed by atoms with Crippen molar-refractivity contribution in [2.75, 3.05) is 6.61 Å². The Morgan fingerprint density at radius 1 is 1.06 bits per heavy atom. The van der Waals surface area contributed by atoms with Crippen molar-refractivity contribution in [3.8, 4) is 0 Å². The summed E-state index contributed by atoms with van der Waals surface area (Å²) in [7, 11) is 0. The van der Waals surface area contributed by atoms with Crippen LogP contribution in [0.25, 0.3) is 0 Å². The molecule has 0 atom stereocenters. The van der Waals surface area contributed by atoms with Crippen molar-refractivity contribution in [2.24, 2.45) is 0 Å². The van der Waals surface area contributed by atoms with Crippen LogP contribution in [0.1, 0.15) is 52.4 Å². The highest BCUT2D eigenvalue weighted by Gasteiger charge is 1.87. The van der Waals surface area contributed by atoms with Crippen LogP contribution in [-0.4, -0.2) is 12.6 Å². The van der Waals surface area contributed by atoms with Gasteiger partial charge in [0.2, 0.25) is 0 Å². The number of hydrogen-bond donors (Lipinski definition) is 0. The second-order valence-corrected chi connectivity index (χ2v) is 3.83. The fraction of sp³-hybridized carbons (Fsp3) is 0.643. The van der Waals surface area contributed by atoms with Crippen LogP contribution < -0.4 is 0 Å². The number of esters is 1. The lowest BCUT2D eigenvalue weighted by atomic mass is 10.1. The van der Waals surface area contributed by atoms with E-state index in [1.54, 1.807) is 0 Å². The van der Waals surface area contributed by atoms with Crippen LogP contribution in [0.2, 0.25) is 0 Å². The SMILES string of the molecule is CCCCCC/C=C/C=C/CCOC(C)=O. The third-order valence-corrected chi connectivity index (χ3v) is 2.20. The van der Waals surface area contributed by atoms with E-state index in [4.69, 9.17) is 4.74 Å². The van der Waals surface area contributed by atoms with Crippen molar-refractivity contribution >= 4 is 5.97 Å². The Balaban J connectivity index is 3.24. The van der Waals surface area contributed by atoms with E-state index < -0.39 is 0 Å². The highest BCUT2D eigenvalue weighted by molar-refractivity contribution is 5.65. The average Bonchev–Trinajstić information content (AvgIpc) is 2.25. The van der Waals surface area contributed by atoms with Crippen LogP contribution in [0, 0.1) is 0 Å². The standard InChI is InChI=1S/C14H24O2/c1-3-4-5-6-7-8-9-10-11-12-13-16-14(2)15/h8-11H,3-7,12-13H2,1-2H3/b9-8+,11-10+. The zero-order valence-corrected chi connectivity index (χ0v) is 10.6. The number of allylic oxidation sites excluding steroid dienone is 3. The van der Waals surface area contributed by atoms with Crippen molar-refractivity contribution in [1.82, 2.24) is 0 Å². The van der Waals surface area contributed by atoms with Gasteiger partial charge in [-0.25, -0.2) is 0 Å². The lowest BCUT2D eigenvalue weighted by molar-refractivity contribution is -0.140. The van der Waals surface area contributed by atoms with Crippen LogP contribution in [0.3, 0.4) is 0 Å². The molecule has 0 aliphatic heterocycles. The first-order chi connectivity index (χ1) is 7.77. The monoisotopic (exact) mass is 224 g/mol. The molecule has 0 fully saturated rings. The molecule has 0 heterocycles. The number of ether oxygens (including phenoxy) is 1. The molecule has 2 heteroatoms. The third kappa shape index (κ3) is 12.9. The molecule has 0 radical (unpaired) electrons. The molecule has 0 aliphatic rings.